The van der Waals surface area contributed by atoms with E-state index in [1.165, 1.54) is 17.1 Å². The summed E-state index contributed by atoms with van der Waals surface area (Å²) in [5.41, 5.74) is 7.50. The first-order valence-electron chi connectivity index (χ1n) is 6.08. The van der Waals surface area contributed by atoms with E-state index in [2.05, 4.69) is 56.5 Å². The van der Waals surface area contributed by atoms with Gasteiger partial charge in [-0.15, -0.1) is 0 Å². The smallest absolute Gasteiger partial charge is 0.170 e. The molecule has 0 saturated carbocycles. The summed E-state index contributed by atoms with van der Waals surface area (Å²) in [6.45, 7) is 4.03. The third kappa shape index (κ3) is 4.02. The van der Waals surface area contributed by atoms with Gasteiger partial charge in [-0.3, -0.25) is 0 Å². The molecule has 0 radical (unpaired) electrons. The second-order valence-corrected chi connectivity index (χ2v) is 7.33. The number of thioether (sulfide) groups is 1. The zero-order valence-corrected chi connectivity index (χ0v) is 14.1. The first-order chi connectivity index (χ1) is 9.10. The van der Waals surface area contributed by atoms with Crippen molar-refractivity contribution in [3.63, 3.8) is 0 Å². The molecule has 6 heteroatoms. The lowest BCUT2D eigenvalue weighted by molar-refractivity contribution is 0.634. The fourth-order valence-electron chi connectivity index (χ4n) is 1.70. The van der Waals surface area contributed by atoms with Crippen LogP contribution in [0.25, 0.3) is 0 Å². The fourth-order valence-corrected chi connectivity index (χ4v) is 4.05. The Morgan fingerprint density at radius 3 is 2.58 bits per heavy atom. The van der Waals surface area contributed by atoms with Crippen molar-refractivity contribution in [2.24, 2.45) is 5.73 Å². The topological polar surface area (TPSA) is 51.8 Å². The number of benzene rings is 1. The highest BCUT2D eigenvalue weighted by atomic mass is 79.9. The lowest BCUT2D eigenvalue weighted by Crippen LogP contribution is -2.25. The highest BCUT2D eigenvalue weighted by Gasteiger charge is 2.21. The van der Waals surface area contributed by atoms with Crippen LogP contribution in [0.4, 0.5) is 0 Å². The summed E-state index contributed by atoms with van der Waals surface area (Å²) in [7, 11) is 0. The van der Waals surface area contributed by atoms with Crippen LogP contribution in [0.1, 0.15) is 30.0 Å². The Morgan fingerprint density at radius 2 is 2.05 bits per heavy atom. The maximum Gasteiger partial charge on any atom is 0.170 e. The molecule has 0 aliphatic heterocycles. The van der Waals surface area contributed by atoms with Crippen LogP contribution in [0.2, 0.25) is 0 Å². The highest BCUT2D eigenvalue weighted by molar-refractivity contribution is 9.10. The molecule has 2 aromatic rings. The van der Waals surface area contributed by atoms with Crippen molar-refractivity contribution >= 4 is 39.2 Å². The first-order valence-corrected chi connectivity index (χ1v) is 8.52. The van der Waals surface area contributed by atoms with E-state index < -0.39 is 0 Å². The molecule has 0 spiro atoms. The van der Waals surface area contributed by atoms with Crippen LogP contribution in [0.3, 0.4) is 0 Å². The Balaban J connectivity index is 2.23. The van der Waals surface area contributed by atoms with Crippen LogP contribution >= 0.6 is 39.2 Å². The molecule has 2 rings (SSSR count). The van der Waals surface area contributed by atoms with E-state index in [9.17, 15) is 0 Å². The molecular weight excluding hydrogens is 342 g/mol. The zero-order chi connectivity index (χ0) is 13.8. The normalized spacial score (nSPS) is 14.3. The minimum absolute atomic E-state index is 0.107. The summed E-state index contributed by atoms with van der Waals surface area (Å²) in [6.07, 6.45) is 0.936. The molecule has 102 valence electrons. The van der Waals surface area contributed by atoms with E-state index in [1.54, 1.807) is 11.8 Å². The number of nitrogens with zero attached hydrogens (tertiary/aromatic N) is 2. The van der Waals surface area contributed by atoms with Crippen molar-refractivity contribution in [2.45, 2.75) is 35.9 Å². The minimum Gasteiger partial charge on any atom is -0.326 e. The third-order valence-corrected chi connectivity index (χ3v) is 5.61. The lowest BCUT2D eigenvalue weighted by atomic mass is 10.0. The summed E-state index contributed by atoms with van der Waals surface area (Å²) < 4.78 is 6.29. The Hall–Kier alpha value is -0.430. The highest BCUT2D eigenvalue weighted by Crippen LogP contribution is 2.39. The maximum atomic E-state index is 6.27. The van der Waals surface area contributed by atoms with Gasteiger partial charge in [-0.2, -0.15) is 4.37 Å². The van der Waals surface area contributed by atoms with Gasteiger partial charge in [0.2, 0.25) is 0 Å². The number of aromatic nitrogens is 2. The summed E-state index contributed by atoms with van der Waals surface area (Å²) in [5.74, 6) is 0.826. The van der Waals surface area contributed by atoms with Crippen LogP contribution < -0.4 is 5.73 Å². The monoisotopic (exact) mass is 357 g/mol. The summed E-state index contributed by atoms with van der Waals surface area (Å²) in [4.78, 5) is 4.42. The molecule has 2 atom stereocenters. The molecule has 19 heavy (non-hydrogen) atoms. The van der Waals surface area contributed by atoms with Crippen LogP contribution in [-0.4, -0.2) is 15.4 Å². The Bertz CT molecular complexity index is 527. The van der Waals surface area contributed by atoms with Gasteiger partial charge in [0.05, 0.1) is 5.25 Å². The Labute approximate surface area is 130 Å². The van der Waals surface area contributed by atoms with Crippen LogP contribution in [0.5, 0.6) is 0 Å². The van der Waals surface area contributed by atoms with Gasteiger partial charge in [0, 0.05) is 10.5 Å². The van der Waals surface area contributed by atoms with Gasteiger partial charge in [-0.05, 0) is 42.6 Å². The fraction of sp³-hybridized carbons (Fsp3) is 0.385. The van der Waals surface area contributed by atoms with Crippen molar-refractivity contribution in [1.82, 2.24) is 9.36 Å². The van der Waals surface area contributed by atoms with E-state index in [0.29, 0.717) is 0 Å². The van der Waals surface area contributed by atoms with Crippen molar-refractivity contribution in [3.05, 3.63) is 40.1 Å². The van der Waals surface area contributed by atoms with E-state index in [4.69, 9.17) is 5.73 Å². The molecular formula is C13H16BrN3S2. The molecule has 2 N–H and O–H groups in total. The number of hydrogen-bond acceptors (Lipinski definition) is 5. The van der Waals surface area contributed by atoms with Gasteiger partial charge in [0.1, 0.15) is 5.82 Å². The van der Waals surface area contributed by atoms with E-state index in [0.717, 1.165) is 21.1 Å². The predicted octanol–water partition coefficient (Wildman–Crippen LogP) is 4.18. The number of hydrogen-bond donors (Lipinski definition) is 1. The molecule has 1 aromatic carbocycles. The quantitative estimate of drug-likeness (QED) is 0.815. The molecule has 0 bridgehead atoms. The third-order valence-electron chi connectivity index (χ3n) is 2.80. The second kappa shape index (κ2) is 6.83. The molecule has 1 heterocycles. The van der Waals surface area contributed by atoms with Gasteiger partial charge in [-0.25, -0.2) is 4.98 Å². The number of rotatable bonds is 5. The molecule has 0 fully saturated rings. The second-order valence-electron chi connectivity index (χ2n) is 4.27. The maximum absolute atomic E-state index is 6.27. The molecule has 0 amide bonds. The van der Waals surface area contributed by atoms with Gasteiger partial charge >= 0.3 is 0 Å². The number of nitrogens with two attached hydrogens (primary N) is 1. The van der Waals surface area contributed by atoms with Crippen LogP contribution in [0.15, 0.2) is 33.1 Å². The van der Waals surface area contributed by atoms with E-state index >= 15 is 0 Å². The van der Waals surface area contributed by atoms with Crippen molar-refractivity contribution in [2.75, 3.05) is 0 Å². The lowest BCUT2D eigenvalue weighted by Gasteiger charge is -2.21. The average molecular weight is 358 g/mol. The van der Waals surface area contributed by atoms with Crippen molar-refractivity contribution in [1.29, 1.82) is 0 Å². The number of halogens is 1. The Kier molecular flexibility index (Phi) is 5.38. The predicted molar refractivity (Wildman–Crippen MR) is 85.7 cm³/mol. The Morgan fingerprint density at radius 1 is 1.37 bits per heavy atom. The molecule has 2 unspecified atom stereocenters. The molecule has 0 aliphatic carbocycles. The standard InChI is InChI=1S/C13H16BrN3S2/c1-3-11(15)12(9-4-6-10(14)7-5-9)18-13-16-8(2)17-19-13/h4-7,11-12H,3,15H2,1-2H3. The van der Waals surface area contributed by atoms with E-state index in [-0.39, 0.29) is 11.3 Å². The molecule has 0 aliphatic rings. The molecule has 0 saturated heterocycles. The zero-order valence-electron chi connectivity index (χ0n) is 10.8. The molecule has 1 aromatic heterocycles. The van der Waals surface area contributed by atoms with Crippen molar-refractivity contribution in [3.8, 4) is 0 Å². The van der Waals surface area contributed by atoms with Crippen molar-refractivity contribution < 1.29 is 0 Å². The largest absolute Gasteiger partial charge is 0.326 e. The van der Waals surface area contributed by atoms with Gasteiger partial charge in [-0.1, -0.05) is 46.7 Å². The van der Waals surface area contributed by atoms with Crippen LogP contribution in [-0.2, 0) is 0 Å². The van der Waals surface area contributed by atoms with Gasteiger partial charge in [0.15, 0.2) is 4.34 Å². The average Bonchev–Trinajstić information content (AvgIpc) is 2.82. The minimum atomic E-state index is 0.107. The van der Waals surface area contributed by atoms with Gasteiger partial charge < -0.3 is 5.73 Å². The first kappa shape index (κ1) is 15.0. The SMILES string of the molecule is CCC(N)C(Sc1nc(C)ns1)c1ccc(Br)cc1. The molecule has 3 nitrogen and oxygen atoms in total. The van der Waals surface area contributed by atoms with Crippen LogP contribution in [0, 0.1) is 6.92 Å². The summed E-state index contributed by atoms with van der Waals surface area (Å²) in [5, 5.41) is 0.213. The summed E-state index contributed by atoms with van der Waals surface area (Å²) >= 11 is 6.61. The van der Waals surface area contributed by atoms with Gasteiger partial charge in [0.25, 0.3) is 0 Å². The number of aryl methyl sites for hydroxylation is 1. The summed E-state index contributed by atoms with van der Waals surface area (Å²) in [6, 6.07) is 8.44. The van der Waals surface area contributed by atoms with E-state index in [1.807, 2.05) is 6.92 Å².